The SMILES string of the molecule is C#CCN(C(=O)[C@@H](C)SCc1ncc(-c2ccc(Cl)cc2)o1)[C@@H]1CCS(=O)(=O)C1. The van der Waals surface area contributed by atoms with Crippen LogP contribution in [0.1, 0.15) is 19.2 Å². The van der Waals surface area contributed by atoms with Crippen LogP contribution in [0.5, 0.6) is 0 Å². The van der Waals surface area contributed by atoms with Gasteiger partial charge >= 0.3 is 0 Å². The molecule has 0 radical (unpaired) electrons. The van der Waals surface area contributed by atoms with Gasteiger partial charge < -0.3 is 9.32 Å². The van der Waals surface area contributed by atoms with Crippen molar-refractivity contribution in [1.82, 2.24) is 9.88 Å². The van der Waals surface area contributed by atoms with Crippen molar-refractivity contribution >= 4 is 39.1 Å². The average molecular weight is 453 g/mol. The Morgan fingerprint density at radius 2 is 2.17 bits per heavy atom. The molecule has 154 valence electrons. The second-order valence-electron chi connectivity index (χ2n) is 6.81. The van der Waals surface area contributed by atoms with Crippen LogP contribution in [0.2, 0.25) is 5.02 Å². The standard InChI is InChI=1S/C20H21ClN2O4S2/c1-3-9-23(17-8-10-29(25,26)13-17)20(24)14(2)28-12-19-22-11-18(27-19)15-4-6-16(21)7-5-15/h1,4-7,11,14,17H,8-10,12-13H2,2H3/t14-,17-/m1/s1. The van der Waals surface area contributed by atoms with Gasteiger partial charge in [0, 0.05) is 16.6 Å². The van der Waals surface area contributed by atoms with E-state index in [1.165, 1.54) is 16.7 Å². The van der Waals surface area contributed by atoms with Crippen molar-refractivity contribution in [2.75, 3.05) is 18.1 Å². The Kier molecular flexibility index (Phi) is 6.93. The van der Waals surface area contributed by atoms with Gasteiger partial charge in [-0.05, 0) is 37.6 Å². The van der Waals surface area contributed by atoms with Crippen molar-refractivity contribution in [3.63, 3.8) is 0 Å². The van der Waals surface area contributed by atoms with Gasteiger partial charge in [-0.1, -0.05) is 17.5 Å². The number of aromatic nitrogens is 1. The first-order chi connectivity index (χ1) is 13.8. The molecule has 0 saturated carbocycles. The lowest BCUT2D eigenvalue weighted by Crippen LogP contribution is -2.45. The largest absolute Gasteiger partial charge is 0.440 e. The van der Waals surface area contributed by atoms with Crippen LogP contribution in [-0.4, -0.2) is 53.6 Å². The molecule has 29 heavy (non-hydrogen) atoms. The Morgan fingerprint density at radius 3 is 2.79 bits per heavy atom. The number of carbonyl (C=O) groups excluding carboxylic acids is 1. The maximum atomic E-state index is 12.9. The molecule has 6 nitrogen and oxygen atoms in total. The maximum absolute atomic E-state index is 12.9. The van der Waals surface area contributed by atoms with E-state index in [4.69, 9.17) is 22.4 Å². The Balaban J connectivity index is 1.60. The molecule has 1 aliphatic rings. The van der Waals surface area contributed by atoms with Gasteiger partial charge in [0.1, 0.15) is 0 Å². The summed E-state index contributed by atoms with van der Waals surface area (Å²) in [6, 6.07) is 6.89. The predicted molar refractivity (Wildman–Crippen MR) is 115 cm³/mol. The molecule has 1 saturated heterocycles. The van der Waals surface area contributed by atoms with E-state index in [2.05, 4.69) is 10.9 Å². The Bertz CT molecular complexity index is 1010. The first-order valence-corrected chi connectivity index (χ1v) is 12.3. The van der Waals surface area contributed by atoms with Crippen LogP contribution in [0.3, 0.4) is 0 Å². The van der Waals surface area contributed by atoms with Crippen LogP contribution in [-0.2, 0) is 20.4 Å². The molecule has 9 heteroatoms. The van der Waals surface area contributed by atoms with E-state index >= 15 is 0 Å². The van der Waals surface area contributed by atoms with Gasteiger partial charge in [0.2, 0.25) is 11.8 Å². The number of benzene rings is 1. The number of thioether (sulfide) groups is 1. The van der Waals surface area contributed by atoms with Crippen LogP contribution in [0.4, 0.5) is 0 Å². The van der Waals surface area contributed by atoms with Crippen molar-refractivity contribution in [1.29, 1.82) is 0 Å². The number of amides is 1. The second kappa shape index (κ2) is 9.24. The third-order valence-electron chi connectivity index (χ3n) is 4.68. The summed E-state index contributed by atoms with van der Waals surface area (Å²) in [6.45, 7) is 1.88. The number of sulfone groups is 1. The minimum absolute atomic E-state index is 0.0258. The summed E-state index contributed by atoms with van der Waals surface area (Å²) in [5.41, 5.74) is 0.866. The molecule has 0 N–H and O–H groups in total. The third kappa shape index (κ3) is 5.56. The monoisotopic (exact) mass is 452 g/mol. The van der Waals surface area contributed by atoms with E-state index in [0.717, 1.165) is 5.56 Å². The number of halogens is 1. The lowest BCUT2D eigenvalue weighted by atomic mass is 10.2. The summed E-state index contributed by atoms with van der Waals surface area (Å²) in [5.74, 6) is 3.91. The highest BCUT2D eigenvalue weighted by molar-refractivity contribution is 7.99. The summed E-state index contributed by atoms with van der Waals surface area (Å²) in [4.78, 5) is 18.6. The van der Waals surface area contributed by atoms with Crippen LogP contribution < -0.4 is 0 Å². The highest BCUT2D eigenvalue weighted by atomic mass is 35.5. The quantitative estimate of drug-likeness (QED) is 0.600. The smallest absolute Gasteiger partial charge is 0.236 e. The molecule has 0 bridgehead atoms. The normalized spacial score (nSPS) is 18.9. The van der Waals surface area contributed by atoms with Gasteiger partial charge in [-0.15, -0.1) is 18.2 Å². The molecule has 0 unspecified atom stereocenters. The van der Waals surface area contributed by atoms with Crippen molar-refractivity contribution < 1.29 is 17.6 Å². The van der Waals surface area contributed by atoms with Gasteiger partial charge in [0.25, 0.3) is 0 Å². The summed E-state index contributed by atoms with van der Waals surface area (Å²) in [5, 5.41) is 0.237. The minimum Gasteiger partial charge on any atom is -0.440 e. The molecule has 2 atom stereocenters. The molecule has 1 aromatic carbocycles. The molecule has 1 aromatic heterocycles. The Morgan fingerprint density at radius 1 is 1.45 bits per heavy atom. The predicted octanol–water partition coefficient (Wildman–Crippen LogP) is 3.27. The molecule has 1 aliphatic heterocycles. The van der Waals surface area contributed by atoms with Gasteiger partial charge in [-0.2, -0.15) is 0 Å². The van der Waals surface area contributed by atoms with Crippen LogP contribution >= 0.6 is 23.4 Å². The molecular weight excluding hydrogens is 432 g/mol. The summed E-state index contributed by atoms with van der Waals surface area (Å²) >= 11 is 7.27. The fourth-order valence-corrected chi connectivity index (χ4v) is 5.79. The lowest BCUT2D eigenvalue weighted by molar-refractivity contribution is -0.131. The number of rotatable bonds is 7. The lowest BCUT2D eigenvalue weighted by Gasteiger charge is -2.28. The molecular formula is C20H21ClN2O4S2. The number of nitrogens with zero attached hydrogens (tertiary/aromatic N) is 2. The van der Waals surface area contributed by atoms with E-state index in [1.54, 1.807) is 25.3 Å². The minimum atomic E-state index is -3.10. The van der Waals surface area contributed by atoms with Crippen molar-refractivity contribution in [2.24, 2.45) is 0 Å². The number of oxazole rings is 1. The zero-order valence-electron chi connectivity index (χ0n) is 15.9. The van der Waals surface area contributed by atoms with E-state index in [1.807, 2.05) is 12.1 Å². The number of hydrogen-bond donors (Lipinski definition) is 0. The van der Waals surface area contributed by atoms with Gasteiger partial charge in [-0.3, -0.25) is 4.79 Å². The fourth-order valence-electron chi connectivity index (χ4n) is 3.13. The van der Waals surface area contributed by atoms with Gasteiger partial charge in [0.15, 0.2) is 15.6 Å². The van der Waals surface area contributed by atoms with Crippen molar-refractivity contribution in [3.05, 3.63) is 41.4 Å². The molecule has 0 aliphatic carbocycles. The second-order valence-corrected chi connectivity index (χ2v) is 10.8. The highest BCUT2D eigenvalue weighted by Gasteiger charge is 2.35. The molecule has 1 amide bonds. The van der Waals surface area contributed by atoms with Crippen molar-refractivity contribution in [3.8, 4) is 23.7 Å². The van der Waals surface area contributed by atoms with E-state index in [9.17, 15) is 13.2 Å². The molecule has 2 aromatic rings. The zero-order valence-corrected chi connectivity index (χ0v) is 18.3. The maximum Gasteiger partial charge on any atom is 0.236 e. The van der Waals surface area contributed by atoms with Gasteiger partial charge in [0.05, 0.1) is 35.3 Å². The topological polar surface area (TPSA) is 80.5 Å². The van der Waals surface area contributed by atoms with Crippen molar-refractivity contribution in [2.45, 2.75) is 30.4 Å². The molecule has 3 rings (SSSR count). The molecule has 1 fully saturated rings. The van der Waals surface area contributed by atoms with Crippen LogP contribution in [0.25, 0.3) is 11.3 Å². The summed E-state index contributed by atoms with van der Waals surface area (Å²) in [7, 11) is -3.10. The van der Waals surface area contributed by atoms with Crippen LogP contribution in [0.15, 0.2) is 34.9 Å². The van der Waals surface area contributed by atoms with E-state index in [0.29, 0.717) is 28.8 Å². The summed E-state index contributed by atoms with van der Waals surface area (Å²) in [6.07, 6.45) is 7.47. The average Bonchev–Trinajstić information content (AvgIpc) is 3.30. The Hall–Kier alpha value is -1.95. The summed E-state index contributed by atoms with van der Waals surface area (Å²) < 4.78 is 29.3. The zero-order chi connectivity index (χ0) is 21.0. The Labute approximate surface area is 179 Å². The van der Waals surface area contributed by atoms with E-state index < -0.39 is 15.1 Å². The number of carbonyl (C=O) groups is 1. The first kappa shape index (κ1) is 21.8. The van der Waals surface area contributed by atoms with Crippen LogP contribution in [0, 0.1) is 12.3 Å². The third-order valence-corrected chi connectivity index (χ3v) is 7.80. The van der Waals surface area contributed by atoms with Gasteiger partial charge in [-0.25, -0.2) is 13.4 Å². The first-order valence-electron chi connectivity index (χ1n) is 9.05. The number of terminal acetylenes is 1. The molecule has 0 spiro atoms. The highest BCUT2D eigenvalue weighted by Crippen LogP contribution is 2.26. The van der Waals surface area contributed by atoms with E-state index in [-0.39, 0.29) is 30.0 Å². The fraction of sp³-hybridized carbons (Fsp3) is 0.400. The number of hydrogen-bond acceptors (Lipinski definition) is 6. The molecule has 2 heterocycles.